The minimum atomic E-state index is -4.10. The zero-order valence-electron chi connectivity index (χ0n) is 19.1. The number of ether oxygens (including phenoxy) is 3. The van der Waals surface area contributed by atoms with Crippen molar-refractivity contribution in [3.05, 3.63) is 76.8 Å². The van der Waals surface area contributed by atoms with Crippen LogP contribution in [0.25, 0.3) is 0 Å². The molecule has 0 aliphatic heterocycles. The van der Waals surface area contributed by atoms with Crippen molar-refractivity contribution in [1.29, 1.82) is 0 Å². The van der Waals surface area contributed by atoms with Crippen LogP contribution in [0, 0.1) is 0 Å². The van der Waals surface area contributed by atoms with E-state index in [0.717, 1.165) is 0 Å². The largest absolute Gasteiger partial charge is 0.493 e. The normalized spacial score (nSPS) is 11.2. The first-order valence-electron chi connectivity index (χ1n) is 10.3. The van der Waals surface area contributed by atoms with Gasteiger partial charge in [-0.1, -0.05) is 11.6 Å². The number of nitrogens with zero attached hydrogens (tertiary/aromatic N) is 1. The molecule has 9 nitrogen and oxygen atoms in total. The number of nitrogens with one attached hydrogen (secondary N) is 1. The lowest BCUT2D eigenvalue weighted by molar-refractivity contribution is 0.0954. The van der Waals surface area contributed by atoms with Crippen LogP contribution in [-0.2, 0) is 10.1 Å². The number of carbonyl (C=O) groups is 1. The molecule has 11 heteroatoms. The lowest BCUT2D eigenvalue weighted by Gasteiger charge is -2.12. The van der Waals surface area contributed by atoms with Gasteiger partial charge >= 0.3 is 10.1 Å². The zero-order chi connectivity index (χ0) is 25.4. The number of hydrogen-bond acceptors (Lipinski definition) is 8. The smallest absolute Gasteiger partial charge is 0.339 e. The van der Waals surface area contributed by atoms with Crippen molar-refractivity contribution in [2.24, 2.45) is 5.10 Å². The average molecular weight is 519 g/mol. The first-order chi connectivity index (χ1) is 16.8. The zero-order valence-corrected chi connectivity index (χ0v) is 20.7. The molecule has 3 aromatic rings. The minimum absolute atomic E-state index is 0.00770. The first kappa shape index (κ1) is 25.9. The Bertz CT molecular complexity index is 1330. The van der Waals surface area contributed by atoms with Crippen LogP contribution >= 0.6 is 11.6 Å². The molecule has 0 bridgehead atoms. The van der Waals surface area contributed by atoms with E-state index < -0.39 is 16.0 Å². The summed E-state index contributed by atoms with van der Waals surface area (Å²) in [5.41, 5.74) is 3.29. The Labute approximate surface area is 208 Å². The molecule has 3 rings (SSSR count). The van der Waals surface area contributed by atoms with E-state index in [1.807, 2.05) is 0 Å². The van der Waals surface area contributed by atoms with Gasteiger partial charge in [0.05, 0.1) is 27.0 Å². The molecule has 0 heterocycles. The number of hydrogen-bond donors (Lipinski definition) is 1. The Balaban J connectivity index is 1.74. The van der Waals surface area contributed by atoms with Crippen molar-refractivity contribution < 1.29 is 31.6 Å². The van der Waals surface area contributed by atoms with Crippen LogP contribution in [0.2, 0.25) is 5.02 Å². The molecule has 0 saturated carbocycles. The second-order valence-corrected chi connectivity index (χ2v) is 8.88. The van der Waals surface area contributed by atoms with E-state index in [1.54, 1.807) is 31.2 Å². The van der Waals surface area contributed by atoms with E-state index in [1.165, 1.54) is 56.8 Å². The molecule has 35 heavy (non-hydrogen) atoms. The van der Waals surface area contributed by atoms with E-state index in [-0.39, 0.29) is 23.0 Å². The first-order valence-corrected chi connectivity index (χ1v) is 12.1. The number of amides is 1. The fourth-order valence-corrected chi connectivity index (χ4v) is 3.98. The van der Waals surface area contributed by atoms with Gasteiger partial charge in [-0.3, -0.25) is 4.79 Å². The highest BCUT2D eigenvalue weighted by atomic mass is 35.5. The molecule has 0 aromatic heterocycles. The average Bonchev–Trinajstić information content (AvgIpc) is 2.85. The third kappa shape index (κ3) is 6.65. The molecule has 0 radical (unpaired) electrons. The Kier molecular flexibility index (Phi) is 8.56. The Morgan fingerprint density at radius 2 is 1.63 bits per heavy atom. The van der Waals surface area contributed by atoms with E-state index in [4.69, 9.17) is 30.0 Å². The summed E-state index contributed by atoms with van der Waals surface area (Å²) in [7, 11) is -1.13. The lowest BCUT2D eigenvalue weighted by atomic mass is 10.2. The summed E-state index contributed by atoms with van der Waals surface area (Å²) in [4.78, 5) is 12.3. The van der Waals surface area contributed by atoms with Gasteiger partial charge in [0.15, 0.2) is 23.0 Å². The SMILES string of the molecule is CCOc1cc(/C=N/NC(=O)c2ccc(OC)c(OC)c2)ccc1OS(=O)(=O)c1ccc(Cl)cc1. The van der Waals surface area contributed by atoms with Crippen LogP contribution in [0.1, 0.15) is 22.8 Å². The summed E-state index contributed by atoms with van der Waals surface area (Å²) < 4.78 is 46.4. The standard InChI is InChI=1S/C24H23ClN2O7S/c1-4-33-23-13-16(5-11-21(23)34-35(29,30)19-9-7-18(25)8-10-19)15-26-27-24(28)17-6-12-20(31-2)22(14-17)32-3/h5-15H,4H2,1-3H3,(H,27,28)/b26-15+. The van der Waals surface area contributed by atoms with Gasteiger partial charge in [0, 0.05) is 10.6 Å². The van der Waals surface area contributed by atoms with Gasteiger partial charge in [-0.05, 0) is 73.2 Å². The molecule has 0 fully saturated rings. The third-order valence-electron chi connectivity index (χ3n) is 4.59. The predicted octanol–water partition coefficient (Wildman–Crippen LogP) is 4.29. The van der Waals surface area contributed by atoms with Crippen molar-refractivity contribution in [2.45, 2.75) is 11.8 Å². The van der Waals surface area contributed by atoms with Crippen molar-refractivity contribution >= 4 is 33.8 Å². The monoisotopic (exact) mass is 518 g/mol. The number of benzene rings is 3. The van der Waals surface area contributed by atoms with Gasteiger partial charge in [0.2, 0.25) is 0 Å². The quantitative estimate of drug-likeness (QED) is 0.242. The highest BCUT2D eigenvalue weighted by molar-refractivity contribution is 7.87. The fraction of sp³-hybridized carbons (Fsp3) is 0.167. The molecule has 0 spiro atoms. The van der Waals surface area contributed by atoms with Crippen molar-refractivity contribution in [1.82, 2.24) is 5.43 Å². The molecule has 0 unspecified atom stereocenters. The summed E-state index contributed by atoms with van der Waals surface area (Å²) in [5.74, 6) is 0.654. The number of halogens is 1. The van der Waals surface area contributed by atoms with Gasteiger partial charge in [-0.2, -0.15) is 13.5 Å². The van der Waals surface area contributed by atoms with Crippen LogP contribution in [0.15, 0.2) is 70.7 Å². The molecular formula is C24H23ClN2O7S. The summed E-state index contributed by atoms with van der Waals surface area (Å²) >= 11 is 5.82. The Morgan fingerprint density at radius 3 is 2.29 bits per heavy atom. The van der Waals surface area contributed by atoms with Crippen LogP contribution < -0.4 is 23.8 Å². The van der Waals surface area contributed by atoms with Gasteiger partial charge in [-0.25, -0.2) is 5.43 Å². The van der Waals surface area contributed by atoms with E-state index >= 15 is 0 Å². The Morgan fingerprint density at radius 1 is 0.943 bits per heavy atom. The minimum Gasteiger partial charge on any atom is -0.493 e. The van der Waals surface area contributed by atoms with Gasteiger partial charge in [0.25, 0.3) is 5.91 Å². The van der Waals surface area contributed by atoms with Crippen molar-refractivity contribution in [3.8, 4) is 23.0 Å². The lowest BCUT2D eigenvalue weighted by Crippen LogP contribution is -2.17. The molecule has 0 atom stereocenters. The van der Waals surface area contributed by atoms with E-state index in [0.29, 0.717) is 27.6 Å². The molecule has 0 aliphatic carbocycles. The molecular weight excluding hydrogens is 496 g/mol. The predicted molar refractivity (Wildman–Crippen MR) is 131 cm³/mol. The summed E-state index contributed by atoms with van der Waals surface area (Å²) in [6.45, 7) is 2.02. The number of carbonyl (C=O) groups excluding carboxylic acids is 1. The highest BCUT2D eigenvalue weighted by Gasteiger charge is 2.19. The summed E-state index contributed by atoms with van der Waals surface area (Å²) in [6, 6.07) is 14.9. The summed E-state index contributed by atoms with van der Waals surface area (Å²) in [5, 5.41) is 4.36. The molecule has 0 saturated heterocycles. The maximum Gasteiger partial charge on any atom is 0.339 e. The molecule has 0 aliphatic rings. The maximum atomic E-state index is 12.6. The van der Waals surface area contributed by atoms with Crippen molar-refractivity contribution in [3.63, 3.8) is 0 Å². The number of rotatable bonds is 10. The maximum absolute atomic E-state index is 12.6. The van der Waals surface area contributed by atoms with Crippen molar-refractivity contribution in [2.75, 3.05) is 20.8 Å². The number of methoxy groups -OCH3 is 2. The molecule has 3 aromatic carbocycles. The van der Waals surface area contributed by atoms with Gasteiger partial charge < -0.3 is 18.4 Å². The van der Waals surface area contributed by atoms with Crippen LogP contribution in [0.3, 0.4) is 0 Å². The van der Waals surface area contributed by atoms with E-state index in [9.17, 15) is 13.2 Å². The molecule has 1 amide bonds. The van der Waals surface area contributed by atoms with Gasteiger partial charge in [-0.15, -0.1) is 0 Å². The van der Waals surface area contributed by atoms with E-state index in [2.05, 4.69) is 10.5 Å². The fourth-order valence-electron chi connectivity index (χ4n) is 2.92. The topological polar surface area (TPSA) is 113 Å². The van der Waals surface area contributed by atoms with Crippen LogP contribution in [-0.4, -0.2) is 41.4 Å². The van der Waals surface area contributed by atoms with Crippen LogP contribution in [0.5, 0.6) is 23.0 Å². The summed E-state index contributed by atoms with van der Waals surface area (Å²) in [6.07, 6.45) is 1.39. The number of hydrazone groups is 1. The third-order valence-corrected chi connectivity index (χ3v) is 6.10. The molecule has 1 N–H and O–H groups in total. The molecule has 184 valence electrons. The second-order valence-electron chi connectivity index (χ2n) is 6.90. The second kappa shape index (κ2) is 11.6. The Hall–Kier alpha value is -3.76. The highest BCUT2D eigenvalue weighted by Crippen LogP contribution is 2.31. The van der Waals surface area contributed by atoms with Gasteiger partial charge in [0.1, 0.15) is 4.90 Å². The van der Waals surface area contributed by atoms with Crippen LogP contribution in [0.4, 0.5) is 0 Å².